The average Bonchev–Trinajstić information content (AvgIpc) is 3.54. The monoisotopic (exact) mass is 749 g/mol. The van der Waals surface area contributed by atoms with Gasteiger partial charge in [0.05, 0.1) is 25.8 Å². The number of methoxy groups -OCH3 is 1. The van der Waals surface area contributed by atoms with E-state index in [-0.39, 0.29) is 82.0 Å². The minimum atomic E-state index is -5.00. The number of amides is 1. The summed E-state index contributed by atoms with van der Waals surface area (Å²) in [4.78, 5) is 38.9. The summed E-state index contributed by atoms with van der Waals surface area (Å²) in [7, 11) is 1.46. The third-order valence-corrected chi connectivity index (χ3v) is 9.13. The van der Waals surface area contributed by atoms with Crippen LogP contribution in [0.2, 0.25) is 0 Å². The molecule has 2 aliphatic heterocycles. The number of hydrogen-bond acceptors (Lipinski definition) is 9. The molecule has 2 saturated heterocycles. The number of halogens is 7. The summed E-state index contributed by atoms with van der Waals surface area (Å²) < 4.78 is 108. The molecule has 4 aromatic rings. The minimum absolute atomic E-state index is 0.00989. The van der Waals surface area contributed by atoms with E-state index in [0.717, 1.165) is 4.68 Å². The summed E-state index contributed by atoms with van der Waals surface area (Å²) in [6.45, 7) is 0.739. The van der Waals surface area contributed by atoms with Crippen LogP contribution in [0.1, 0.15) is 36.0 Å². The molecule has 0 radical (unpaired) electrons. The quantitative estimate of drug-likeness (QED) is 0.197. The molecule has 6 rings (SSSR count). The number of ether oxygens (including phenoxy) is 2. The van der Waals surface area contributed by atoms with Crippen LogP contribution in [0.15, 0.2) is 71.8 Å². The summed E-state index contributed by atoms with van der Waals surface area (Å²) in [5.74, 6) is -0.449. The van der Waals surface area contributed by atoms with Gasteiger partial charge >= 0.3 is 12.4 Å². The van der Waals surface area contributed by atoms with E-state index in [9.17, 15) is 40.3 Å². The van der Waals surface area contributed by atoms with Gasteiger partial charge in [-0.2, -0.15) is 31.4 Å². The number of benzene rings is 2. The second kappa shape index (κ2) is 15.3. The van der Waals surface area contributed by atoms with E-state index in [1.165, 1.54) is 25.3 Å². The van der Waals surface area contributed by atoms with E-state index in [2.05, 4.69) is 15.1 Å². The maximum atomic E-state index is 14.5. The Morgan fingerprint density at radius 3 is 2.23 bits per heavy atom. The molecule has 0 saturated carbocycles. The van der Waals surface area contributed by atoms with Crippen molar-refractivity contribution in [2.24, 2.45) is 0 Å². The lowest BCUT2D eigenvalue weighted by atomic mass is 10.1. The van der Waals surface area contributed by atoms with Gasteiger partial charge in [0.25, 0.3) is 5.56 Å². The van der Waals surface area contributed by atoms with E-state index in [1.54, 1.807) is 45.0 Å². The number of para-hydroxylation sites is 1. The van der Waals surface area contributed by atoms with Gasteiger partial charge in [-0.05, 0) is 36.2 Å². The summed E-state index contributed by atoms with van der Waals surface area (Å²) in [6.07, 6.45) is -8.50. The van der Waals surface area contributed by atoms with Crippen molar-refractivity contribution in [1.82, 2.24) is 24.6 Å². The topological polar surface area (TPSA) is 106 Å². The van der Waals surface area contributed by atoms with Gasteiger partial charge in [0, 0.05) is 63.5 Å². The summed E-state index contributed by atoms with van der Waals surface area (Å²) in [5.41, 5.74) is -3.22. The summed E-state index contributed by atoms with van der Waals surface area (Å²) in [5, 5.41) is 4.34. The van der Waals surface area contributed by atoms with Gasteiger partial charge in [-0.15, -0.1) is 0 Å². The first-order chi connectivity index (χ1) is 25.2. The maximum absolute atomic E-state index is 14.5. The molecule has 0 unspecified atom stereocenters. The molecule has 11 nitrogen and oxygen atoms in total. The molecular formula is C35H34F7N7O4. The van der Waals surface area contributed by atoms with Gasteiger partial charge in [0.1, 0.15) is 23.2 Å². The molecule has 0 spiro atoms. The Hall–Kier alpha value is -5.42. The van der Waals surface area contributed by atoms with Crippen LogP contribution in [0.25, 0.3) is 0 Å². The number of rotatable bonds is 10. The molecule has 2 fully saturated rings. The highest BCUT2D eigenvalue weighted by molar-refractivity contribution is 5.76. The van der Waals surface area contributed by atoms with E-state index < -0.39 is 47.0 Å². The Kier molecular flexibility index (Phi) is 10.8. The second-order valence-corrected chi connectivity index (χ2v) is 12.6. The van der Waals surface area contributed by atoms with E-state index in [1.807, 2.05) is 0 Å². The van der Waals surface area contributed by atoms with Gasteiger partial charge in [0.2, 0.25) is 11.9 Å². The Morgan fingerprint density at radius 2 is 1.60 bits per heavy atom. The van der Waals surface area contributed by atoms with Crippen LogP contribution in [-0.4, -0.2) is 82.5 Å². The number of carbonyl (C=O) groups is 1. The lowest BCUT2D eigenvalue weighted by molar-refractivity contribution is -0.139. The molecule has 0 bridgehead atoms. The van der Waals surface area contributed by atoms with Crippen molar-refractivity contribution in [1.29, 1.82) is 0 Å². The van der Waals surface area contributed by atoms with Crippen LogP contribution in [0, 0.1) is 5.82 Å². The molecule has 18 heteroatoms. The largest absolute Gasteiger partial charge is 0.497 e. The third-order valence-electron chi connectivity index (χ3n) is 9.13. The van der Waals surface area contributed by atoms with Crippen molar-refractivity contribution in [3.63, 3.8) is 0 Å². The van der Waals surface area contributed by atoms with Crippen LogP contribution >= 0.6 is 0 Å². The molecule has 2 aromatic heterocycles. The zero-order valence-corrected chi connectivity index (χ0v) is 28.3. The van der Waals surface area contributed by atoms with Crippen LogP contribution in [-0.2, 0) is 23.7 Å². The summed E-state index contributed by atoms with van der Waals surface area (Å²) in [6, 6.07) is 12.2. The average molecular weight is 750 g/mol. The molecular weight excluding hydrogens is 715 g/mol. The SMILES string of the molecule is COc1ccc(Cn2nc(N3C[C@@H](Oc4ccccc4F)C[C@H]3CCC(=O)N3CCN(c4ncc(C(F)(F)F)cn4)CC3)cc(C(F)(F)F)c2=O)cc1. The fraction of sp³-hybridized carbons (Fsp3) is 0.400. The highest BCUT2D eigenvalue weighted by Crippen LogP contribution is 2.34. The molecule has 0 aliphatic carbocycles. The molecule has 0 N–H and O–H groups in total. The van der Waals surface area contributed by atoms with Crippen LogP contribution in [0.5, 0.6) is 11.5 Å². The van der Waals surface area contributed by atoms with Crippen LogP contribution in [0.4, 0.5) is 42.5 Å². The first kappa shape index (κ1) is 37.3. The van der Waals surface area contributed by atoms with Crippen LogP contribution < -0.4 is 24.8 Å². The molecule has 2 aromatic carbocycles. The fourth-order valence-electron chi connectivity index (χ4n) is 6.35. The highest BCUT2D eigenvalue weighted by Gasteiger charge is 2.40. The minimum Gasteiger partial charge on any atom is -0.497 e. The molecule has 1 amide bonds. The highest BCUT2D eigenvalue weighted by atomic mass is 19.4. The van der Waals surface area contributed by atoms with Gasteiger partial charge in [-0.3, -0.25) is 9.59 Å². The van der Waals surface area contributed by atoms with Crippen molar-refractivity contribution >= 4 is 17.7 Å². The first-order valence-electron chi connectivity index (χ1n) is 16.6. The number of alkyl halides is 6. The van der Waals surface area contributed by atoms with Crippen LogP contribution in [0.3, 0.4) is 0 Å². The fourth-order valence-corrected chi connectivity index (χ4v) is 6.35. The first-order valence-corrected chi connectivity index (χ1v) is 16.6. The van der Waals surface area contributed by atoms with E-state index in [4.69, 9.17) is 9.47 Å². The molecule has 2 atom stereocenters. The maximum Gasteiger partial charge on any atom is 0.421 e. The number of carbonyl (C=O) groups excluding carboxylic acids is 1. The molecule has 2 aliphatic rings. The zero-order valence-electron chi connectivity index (χ0n) is 28.3. The summed E-state index contributed by atoms with van der Waals surface area (Å²) >= 11 is 0. The van der Waals surface area contributed by atoms with Crippen molar-refractivity contribution in [2.75, 3.05) is 49.6 Å². The van der Waals surface area contributed by atoms with Gasteiger partial charge in [0.15, 0.2) is 11.6 Å². The molecule has 282 valence electrons. The Bertz CT molecular complexity index is 1950. The lowest BCUT2D eigenvalue weighted by Gasteiger charge is -2.35. The smallest absolute Gasteiger partial charge is 0.421 e. The van der Waals surface area contributed by atoms with Crippen molar-refractivity contribution in [3.8, 4) is 11.5 Å². The van der Waals surface area contributed by atoms with Crippen molar-refractivity contribution < 1.29 is 45.0 Å². The number of nitrogens with zero attached hydrogens (tertiary/aromatic N) is 7. The number of piperazine rings is 1. The Balaban J connectivity index is 1.20. The standard InChI is InChI=1S/C35H34F7N7O4/c1-52-25-9-6-22(7-10-25)20-49-32(51)27(35(40,41)42)17-30(45-49)48-21-26(53-29-5-3-2-4-28(29)36)16-24(48)8-11-31(50)46-12-14-47(15-13-46)33-43-18-23(19-44-33)34(37,38)39/h2-7,9-10,17-19,24,26H,8,11-16,20-21H2,1H3/t24-,26+/m1/s1. The molecule has 53 heavy (non-hydrogen) atoms. The van der Waals surface area contributed by atoms with Gasteiger partial charge in [-0.1, -0.05) is 24.3 Å². The molecule has 4 heterocycles. The third kappa shape index (κ3) is 8.80. The Morgan fingerprint density at radius 1 is 0.925 bits per heavy atom. The van der Waals surface area contributed by atoms with Crippen molar-refractivity contribution in [2.45, 2.75) is 50.3 Å². The predicted octanol–water partition coefficient (Wildman–Crippen LogP) is 5.42. The number of aromatic nitrogens is 4. The van der Waals surface area contributed by atoms with E-state index >= 15 is 0 Å². The number of anilines is 2. The lowest BCUT2D eigenvalue weighted by Crippen LogP contribution is -2.49. The predicted molar refractivity (Wildman–Crippen MR) is 177 cm³/mol. The van der Waals surface area contributed by atoms with E-state index in [0.29, 0.717) is 29.8 Å². The number of hydrogen-bond donors (Lipinski definition) is 0. The Labute approximate surface area is 298 Å². The van der Waals surface area contributed by atoms with Gasteiger partial charge in [-0.25, -0.2) is 19.0 Å². The van der Waals surface area contributed by atoms with Crippen molar-refractivity contribution in [3.05, 3.63) is 99.9 Å². The van der Waals surface area contributed by atoms with Gasteiger partial charge < -0.3 is 24.2 Å². The zero-order chi connectivity index (χ0) is 37.9. The normalized spacial score (nSPS) is 18.0. The second-order valence-electron chi connectivity index (χ2n) is 12.6.